The molecule has 0 aromatic heterocycles. The van der Waals surface area contributed by atoms with Gasteiger partial charge in [0.1, 0.15) is 73.2 Å². The normalized spacial score (nSPS) is 52.6. The van der Waals surface area contributed by atoms with Crippen LogP contribution < -0.4 is 0 Å². The van der Waals surface area contributed by atoms with E-state index in [1.165, 1.54) is 13.8 Å². The van der Waals surface area contributed by atoms with E-state index in [9.17, 15) is 76.6 Å². The summed E-state index contributed by atoms with van der Waals surface area (Å²) in [7, 11) is 0. The van der Waals surface area contributed by atoms with Crippen LogP contribution in [-0.2, 0) is 28.4 Å². The lowest BCUT2D eigenvalue weighted by Gasteiger charge is -2.71. The van der Waals surface area contributed by atoms with Crippen molar-refractivity contribution in [1.82, 2.24) is 0 Å². The van der Waals surface area contributed by atoms with E-state index in [4.69, 9.17) is 28.4 Å². The van der Waals surface area contributed by atoms with Gasteiger partial charge in [-0.25, -0.2) is 0 Å². The van der Waals surface area contributed by atoms with Crippen molar-refractivity contribution in [3.63, 3.8) is 0 Å². The second-order valence-electron chi connectivity index (χ2n) is 23.9. The standard InChI is InChI=1S/C48H84O21/c1-43(2)26-10-13-46(6)27(45(26,5)16-22(53)39(43)68-42-38(35(60)32(57)25(19-51)66-42)67-40-36(61)33(58)30(55)23(17-49)64-40)15-21(52)29-20(9-12-47(29,46)7)48(8,14-11-28(54)44(3,4)63)69-41-37(62)34(59)31(56)24(18-50)65-41/h20-42,49-63H,9-19H2,1-8H3/t20?,21?,22?,23-,24-,25-,26?,27?,28?,29?,30-,31-,32-,33+,34+,35+,36-,37-,38-,39?,40+,41+,42+,45?,46?,47?,48?/m1/s1. The number of fused-ring (bicyclic) bond motifs is 5. The summed E-state index contributed by atoms with van der Waals surface area (Å²) in [6.07, 6.45) is -25.2. The van der Waals surface area contributed by atoms with Gasteiger partial charge in [-0.15, -0.1) is 0 Å². The van der Waals surface area contributed by atoms with Gasteiger partial charge in [0.05, 0.1) is 55.4 Å². The largest absolute Gasteiger partial charge is 0.394 e. The number of hydrogen-bond donors (Lipinski definition) is 15. The van der Waals surface area contributed by atoms with E-state index in [2.05, 4.69) is 20.8 Å². The minimum atomic E-state index is -1.87. The summed E-state index contributed by atoms with van der Waals surface area (Å²) in [5.41, 5.74) is -5.12. The first-order valence-corrected chi connectivity index (χ1v) is 25.0. The molecular weight excluding hydrogens is 913 g/mol. The highest BCUT2D eigenvalue weighted by molar-refractivity contribution is 5.21. The Morgan fingerprint density at radius 2 is 1.10 bits per heavy atom. The van der Waals surface area contributed by atoms with Crippen LogP contribution in [0.4, 0.5) is 0 Å². The first-order valence-electron chi connectivity index (χ1n) is 25.0. The average molecular weight is 997 g/mol. The quantitative estimate of drug-likeness (QED) is 0.0777. The molecule has 7 aliphatic rings. The van der Waals surface area contributed by atoms with Crippen LogP contribution in [0.2, 0.25) is 0 Å². The zero-order chi connectivity index (χ0) is 51.3. The van der Waals surface area contributed by atoms with Crippen molar-refractivity contribution >= 4 is 0 Å². The summed E-state index contributed by atoms with van der Waals surface area (Å²) < 4.78 is 36.7. The SMILES string of the molecule is CC(C)(O)C(O)CCC(C)(O[C@@H]1O[C@H](CO)[C@@H](O)[C@H](O)[C@H]1O)C1CCC2(C)C1C(O)CC1C3(C)CC(O)C(O[C@@H]4O[C@H](CO)[C@@H](O)[C@H](O)[C@H]4O[C@@H]4O[C@H](CO)[C@@H](O)[C@H](O)[C@H]4O)C(C)(C)C3CCC12C. The van der Waals surface area contributed by atoms with Crippen molar-refractivity contribution in [2.75, 3.05) is 19.8 Å². The van der Waals surface area contributed by atoms with Crippen LogP contribution in [0, 0.1) is 45.3 Å². The molecule has 3 saturated heterocycles. The molecule has 27 atom stereocenters. The summed E-state index contributed by atoms with van der Waals surface area (Å²) in [5, 5.41) is 163. The van der Waals surface area contributed by atoms with Gasteiger partial charge in [-0.05, 0) is 117 Å². The zero-order valence-corrected chi connectivity index (χ0v) is 41.2. The third-order valence-corrected chi connectivity index (χ3v) is 19.3. The van der Waals surface area contributed by atoms with Gasteiger partial charge in [0, 0.05) is 0 Å². The first kappa shape index (κ1) is 55.9. The second kappa shape index (κ2) is 20.0. The molecule has 21 heteroatoms. The van der Waals surface area contributed by atoms with E-state index in [0.29, 0.717) is 32.1 Å². The molecule has 69 heavy (non-hydrogen) atoms. The fraction of sp³-hybridized carbons (Fsp3) is 1.00. The molecule has 12 unspecified atom stereocenters. The molecule has 0 aromatic rings. The van der Waals surface area contributed by atoms with E-state index in [0.717, 1.165) is 0 Å². The Labute approximate surface area is 403 Å². The summed E-state index contributed by atoms with van der Waals surface area (Å²) in [6.45, 7) is 13.2. The van der Waals surface area contributed by atoms with Crippen LogP contribution in [0.25, 0.3) is 0 Å². The predicted molar refractivity (Wildman–Crippen MR) is 238 cm³/mol. The molecule has 4 aliphatic carbocycles. The highest BCUT2D eigenvalue weighted by Crippen LogP contribution is 2.76. The maximum atomic E-state index is 12.7. The minimum absolute atomic E-state index is 0.0655. The fourth-order valence-electron chi connectivity index (χ4n) is 15.2. The van der Waals surface area contributed by atoms with Crippen molar-refractivity contribution in [2.24, 2.45) is 45.3 Å². The molecule has 7 rings (SSSR count). The Morgan fingerprint density at radius 3 is 1.65 bits per heavy atom. The summed E-state index contributed by atoms with van der Waals surface area (Å²) >= 11 is 0. The van der Waals surface area contributed by atoms with Crippen molar-refractivity contribution in [2.45, 2.75) is 234 Å². The molecule has 0 aromatic carbocycles. The Kier molecular flexibility index (Phi) is 16.2. The van der Waals surface area contributed by atoms with Gasteiger partial charge < -0.3 is 105 Å². The Morgan fingerprint density at radius 1 is 0.594 bits per heavy atom. The second-order valence-corrected chi connectivity index (χ2v) is 23.9. The lowest BCUT2D eigenvalue weighted by molar-refractivity contribution is -0.383. The van der Waals surface area contributed by atoms with Crippen LogP contribution in [0.15, 0.2) is 0 Å². The highest BCUT2D eigenvalue weighted by atomic mass is 16.8. The number of aliphatic hydroxyl groups excluding tert-OH is 14. The molecule has 7 fully saturated rings. The Balaban J connectivity index is 1.16. The van der Waals surface area contributed by atoms with Crippen LogP contribution in [0.1, 0.15) is 107 Å². The van der Waals surface area contributed by atoms with Gasteiger partial charge in [-0.3, -0.25) is 0 Å². The summed E-state index contributed by atoms with van der Waals surface area (Å²) in [4.78, 5) is 0. The van der Waals surface area contributed by atoms with Crippen molar-refractivity contribution in [3.8, 4) is 0 Å². The van der Waals surface area contributed by atoms with Crippen LogP contribution in [0.3, 0.4) is 0 Å². The molecular formula is C48H84O21. The van der Waals surface area contributed by atoms with Crippen LogP contribution >= 0.6 is 0 Å². The molecule has 402 valence electrons. The van der Waals surface area contributed by atoms with Gasteiger partial charge in [0.2, 0.25) is 0 Å². The third-order valence-electron chi connectivity index (χ3n) is 19.3. The van der Waals surface area contributed by atoms with E-state index < -0.39 is 181 Å². The smallest absolute Gasteiger partial charge is 0.187 e. The number of ether oxygens (including phenoxy) is 6. The first-order chi connectivity index (χ1) is 32.0. The molecule has 21 nitrogen and oxygen atoms in total. The van der Waals surface area contributed by atoms with E-state index in [1.54, 1.807) is 0 Å². The molecule has 0 radical (unpaired) electrons. The lowest BCUT2D eigenvalue weighted by atomic mass is 9.35. The third kappa shape index (κ3) is 9.40. The molecule has 0 bridgehead atoms. The van der Waals surface area contributed by atoms with Gasteiger partial charge in [0.25, 0.3) is 0 Å². The molecule has 0 spiro atoms. The Bertz CT molecular complexity index is 1730. The highest BCUT2D eigenvalue weighted by Gasteiger charge is 2.73. The molecule has 0 amide bonds. The van der Waals surface area contributed by atoms with Crippen LogP contribution in [-0.4, -0.2) is 224 Å². The van der Waals surface area contributed by atoms with Crippen molar-refractivity contribution in [3.05, 3.63) is 0 Å². The topological polar surface area (TPSA) is 359 Å². The van der Waals surface area contributed by atoms with Crippen LogP contribution in [0.5, 0.6) is 0 Å². The van der Waals surface area contributed by atoms with Gasteiger partial charge in [-0.2, -0.15) is 0 Å². The Hall–Kier alpha value is -0.840. The predicted octanol–water partition coefficient (Wildman–Crippen LogP) is -2.89. The number of hydrogen-bond acceptors (Lipinski definition) is 21. The average Bonchev–Trinajstić information content (AvgIpc) is 3.67. The monoisotopic (exact) mass is 997 g/mol. The van der Waals surface area contributed by atoms with Gasteiger partial charge >= 0.3 is 0 Å². The lowest BCUT2D eigenvalue weighted by Crippen LogP contribution is -2.70. The van der Waals surface area contributed by atoms with E-state index >= 15 is 0 Å². The maximum Gasteiger partial charge on any atom is 0.187 e. The van der Waals surface area contributed by atoms with Crippen molar-refractivity contribution in [1.29, 1.82) is 0 Å². The van der Waals surface area contributed by atoms with Gasteiger partial charge in [0.15, 0.2) is 18.9 Å². The van der Waals surface area contributed by atoms with Gasteiger partial charge in [-0.1, -0.05) is 34.6 Å². The fourth-order valence-corrected chi connectivity index (χ4v) is 15.2. The number of aliphatic hydroxyl groups is 15. The molecule has 3 heterocycles. The molecule has 3 aliphatic heterocycles. The zero-order valence-electron chi connectivity index (χ0n) is 41.2. The maximum absolute atomic E-state index is 12.7. The molecule has 15 N–H and O–H groups in total. The van der Waals surface area contributed by atoms with E-state index in [1.807, 2.05) is 20.8 Å². The summed E-state index contributed by atoms with van der Waals surface area (Å²) in [5.74, 6) is -1.08. The van der Waals surface area contributed by atoms with Crippen molar-refractivity contribution < 1.29 is 105 Å². The number of rotatable bonds is 14. The molecule has 4 saturated carbocycles. The van der Waals surface area contributed by atoms with E-state index in [-0.39, 0.29) is 31.1 Å². The summed E-state index contributed by atoms with van der Waals surface area (Å²) in [6, 6.07) is 0. The minimum Gasteiger partial charge on any atom is -0.394 e.